The molecule has 0 aliphatic carbocycles. The first-order valence-corrected chi connectivity index (χ1v) is 7.75. The minimum atomic E-state index is -4.34. The molecule has 1 aliphatic heterocycles. The van der Waals surface area contributed by atoms with Crippen molar-refractivity contribution in [3.63, 3.8) is 0 Å². The first-order valence-electron chi connectivity index (χ1n) is 7.75. The Hall–Kier alpha value is -1.76. The molecular formula is C17H22F3NO3. The van der Waals surface area contributed by atoms with E-state index >= 15 is 0 Å². The molecule has 0 bridgehead atoms. The number of nitrogens with zero attached hydrogens (tertiary/aromatic N) is 1. The number of amides is 1. The summed E-state index contributed by atoms with van der Waals surface area (Å²) in [5.74, 6) is 0. The molecule has 0 aromatic heterocycles. The summed E-state index contributed by atoms with van der Waals surface area (Å²) >= 11 is 0. The Morgan fingerprint density at radius 2 is 1.79 bits per heavy atom. The van der Waals surface area contributed by atoms with Gasteiger partial charge in [-0.2, -0.15) is 13.2 Å². The van der Waals surface area contributed by atoms with E-state index in [9.17, 15) is 18.0 Å². The smallest absolute Gasteiger partial charge is 0.416 e. The molecule has 0 saturated carbocycles. The van der Waals surface area contributed by atoms with Crippen molar-refractivity contribution < 1.29 is 27.4 Å². The molecule has 1 aromatic carbocycles. The highest BCUT2D eigenvalue weighted by Gasteiger charge is 2.41. The normalized spacial score (nSPS) is 21.4. The standard InChI is InChI=1S/C17H22F3NO3/c1-11-14(9-21(11)15(22)24-16(2,3)4)23-10-12-5-7-13(8-6-12)17(18,19)20/h5-8,11,14H,9-10H2,1-4H3. The van der Waals surface area contributed by atoms with Crippen LogP contribution in [-0.2, 0) is 22.3 Å². The van der Waals surface area contributed by atoms with Crippen LogP contribution in [0.25, 0.3) is 0 Å². The molecule has 4 nitrogen and oxygen atoms in total. The fraction of sp³-hybridized carbons (Fsp3) is 0.588. The second kappa shape index (κ2) is 6.63. The predicted molar refractivity (Wildman–Crippen MR) is 82.4 cm³/mol. The molecule has 134 valence electrons. The summed E-state index contributed by atoms with van der Waals surface area (Å²) in [6.07, 6.45) is -4.88. The van der Waals surface area contributed by atoms with Crippen LogP contribution in [0.3, 0.4) is 0 Å². The molecule has 2 unspecified atom stereocenters. The fourth-order valence-electron chi connectivity index (χ4n) is 2.32. The van der Waals surface area contributed by atoms with Crippen LogP contribution in [0, 0.1) is 0 Å². The quantitative estimate of drug-likeness (QED) is 0.823. The van der Waals surface area contributed by atoms with Gasteiger partial charge in [-0.15, -0.1) is 0 Å². The summed E-state index contributed by atoms with van der Waals surface area (Å²) in [5.41, 5.74) is -0.575. The molecular weight excluding hydrogens is 323 g/mol. The summed E-state index contributed by atoms with van der Waals surface area (Å²) < 4.78 is 48.5. The lowest BCUT2D eigenvalue weighted by Gasteiger charge is -2.45. The molecule has 0 radical (unpaired) electrons. The number of hydrogen-bond donors (Lipinski definition) is 0. The highest BCUT2D eigenvalue weighted by Crippen LogP contribution is 2.29. The Labute approximate surface area is 139 Å². The molecule has 1 heterocycles. The first kappa shape index (κ1) is 18.6. The number of carbonyl (C=O) groups excluding carboxylic acids is 1. The topological polar surface area (TPSA) is 38.8 Å². The second-order valence-corrected chi connectivity index (χ2v) is 6.92. The molecule has 1 amide bonds. The largest absolute Gasteiger partial charge is 0.444 e. The van der Waals surface area contributed by atoms with Crippen molar-refractivity contribution in [3.05, 3.63) is 35.4 Å². The van der Waals surface area contributed by atoms with Crippen molar-refractivity contribution in [2.24, 2.45) is 0 Å². The maximum absolute atomic E-state index is 12.5. The highest BCUT2D eigenvalue weighted by atomic mass is 19.4. The van der Waals surface area contributed by atoms with Crippen molar-refractivity contribution in [3.8, 4) is 0 Å². The minimum Gasteiger partial charge on any atom is -0.444 e. The molecule has 24 heavy (non-hydrogen) atoms. The lowest BCUT2D eigenvalue weighted by atomic mass is 10.0. The van der Waals surface area contributed by atoms with Gasteiger partial charge >= 0.3 is 12.3 Å². The van der Waals surface area contributed by atoms with Crippen LogP contribution in [0.2, 0.25) is 0 Å². The fourth-order valence-corrected chi connectivity index (χ4v) is 2.32. The highest BCUT2D eigenvalue weighted by molar-refractivity contribution is 5.69. The van der Waals surface area contributed by atoms with E-state index < -0.39 is 17.3 Å². The Morgan fingerprint density at radius 1 is 1.21 bits per heavy atom. The number of benzene rings is 1. The van der Waals surface area contributed by atoms with Gasteiger partial charge in [-0.1, -0.05) is 12.1 Å². The van der Waals surface area contributed by atoms with E-state index in [2.05, 4.69) is 0 Å². The molecule has 7 heteroatoms. The average molecular weight is 345 g/mol. The third kappa shape index (κ3) is 4.63. The van der Waals surface area contributed by atoms with Crippen molar-refractivity contribution >= 4 is 6.09 Å². The summed E-state index contributed by atoms with van der Waals surface area (Å²) in [6.45, 7) is 7.87. The van der Waals surface area contributed by atoms with E-state index in [1.165, 1.54) is 12.1 Å². The van der Waals surface area contributed by atoms with Crippen LogP contribution in [0.1, 0.15) is 38.8 Å². The first-order chi connectivity index (χ1) is 11.0. The van der Waals surface area contributed by atoms with E-state index in [-0.39, 0.29) is 24.8 Å². The van der Waals surface area contributed by atoms with Gasteiger partial charge in [0.1, 0.15) is 5.60 Å². The van der Waals surface area contributed by atoms with Crippen LogP contribution in [0.4, 0.5) is 18.0 Å². The van der Waals surface area contributed by atoms with Crippen molar-refractivity contribution in [2.45, 2.75) is 58.2 Å². The van der Waals surface area contributed by atoms with Gasteiger partial charge in [0.2, 0.25) is 0 Å². The van der Waals surface area contributed by atoms with E-state index in [1.54, 1.807) is 25.7 Å². The predicted octanol–water partition coefficient (Wildman–Crippen LogP) is 4.23. The van der Waals surface area contributed by atoms with Crippen LogP contribution in [-0.4, -0.2) is 35.3 Å². The molecule has 1 aliphatic rings. The number of alkyl halides is 3. The van der Waals surface area contributed by atoms with Gasteiger partial charge in [-0.25, -0.2) is 4.79 Å². The molecule has 1 fully saturated rings. The maximum Gasteiger partial charge on any atom is 0.416 e. The summed E-state index contributed by atoms with van der Waals surface area (Å²) in [5, 5.41) is 0. The second-order valence-electron chi connectivity index (χ2n) is 6.92. The third-order valence-corrected chi connectivity index (χ3v) is 3.78. The lowest BCUT2D eigenvalue weighted by Crippen LogP contribution is -2.62. The average Bonchev–Trinajstić information content (AvgIpc) is 2.43. The maximum atomic E-state index is 12.5. The van der Waals surface area contributed by atoms with Gasteiger partial charge in [0.15, 0.2) is 0 Å². The Morgan fingerprint density at radius 3 is 2.25 bits per heavy atom. The van der Waals surface area contributed by atoms with Crippen LogP contribution < -0.4 is 0 Å². The minimum absolute atomic E-state index is 0.130. The van der Waals surface area contributed by atoms with Gasteiger partial charge in [0.05, 0.1) is 30.9 Å². The summed E-state index contributed by atoms with van der Waals surface area (Å²) in [4.78, 5) is 13.5. The number of halogens is 3. The van der Waals surface area contributed by atoms with Gasteiger partial charge in [-0.3, -0.25) is 0 Å². The Bertz CT molecular complexity index is 578. The van der Waals surface area contributed by atoms with Crippen molar-refractivity contribution in [1.29, 1.82) is 0 Å². The van der Waals surface area contributed by atoms with Gasteiger partial charge in [-0.05, 0) is 45.4 Å². The molecule has 1 saturated heterocycles. The number of ether oxygens (including phenoxy) is 2. The van der Waals surface area contributed by atoms with E-state index in [0.29, 0.717) is 12.1 Å². The Balaban J connectivity index is 1.81. The molecule has 2 rings (SSSR count). The number of hydrogen-bond acceptors (Lipinski definition) is 3. The molecule has 2 atom stereocenters. The zero-order valence-electron chi connectivity index (χ0n) is 14.2. The number of likely N-dealkylation sites (tertiary alicyclic amines) is 1. The summed E-state index contributed by atoms with van der Waals surface area (Å²) in [7, 11) is 0. The SMILES string of the molecule is CC1C(OCc2ccc(C(F)(F)F)cc2)CN1C(=O)OC(C)(C)C. The Kier molecular flexibility index (Phi) is 5.13. The van der Waals surface area contributed by atoms with Gasteiger partial charge in [0.25, 0.3) is 0 Å². The van der Waals surface area contributed by atoms with Crippen LogP contribution >= 0.6 is 0 Å². The lowest BCUT2D eigenvalue weighted by molar-refractivity contribution is -0.137. The zero-order valence-corrected chi connectivity index (χ0v) is 14.2. The van der Waals surface area contributed by atoms with Gasteiger partial charge < -0.3 is 14.4 Å². The van der Waals surface area contributed by atoms with Gasteiger partial charge in [0, 0.05) is 0 Å². The zero-order chi connectivity index (χ0) is 18.1. The summed E-state index contributed by atoms with van der Waals surface area (Å²) in [6, 6.07) is 4.75. The van der Waals surface area contributed by atoms with Crippen LogP contribution in [0.5, 0.6) is 0 Å². The van der Waals surface area contributed by atoms with E-state index in [4.69, 9.17) is 9.47 Å². The van der Waals surface area contributed by atoms with Crippen molar-refractivity contribution in [2.75, 3.05) is 6.54 Å². The monoisotopic (exact) mass is 345 g/mol. The third-order valence-electron chi connectivity index (χ3n) is 3.78. The van der Waals surface area contributed by atoms with Crippen LogP contribution in [0.15, 0.2) is 24.3 Å². The number of carbonyl (C=O) groups is 1. The number of rotatable bonds is 3. The molecule has 0 spiro atoms. The van der Waals surface area contributed by atoms with E-state index in [0.717, 1.165) is 12.1 Å². The molecule has 1 aromatic rings. The van der Waals surface area contributed by atoms with E-state index in [1.807, 2.05) is 6.92 Å². The van der Waals surface area contributed by atoms with Crippen molar-refractivity contribution in [1.82, 2.24) is 4.90 Å². The molecule has 0 N–H and O–H groups in total.